The molecule has 0 saturated heterocycles. The number of rotatable bonds is 7. The van der Waals surface area contributed by atoms with E-state index in [9.17, 15) is 0 Å². The second-order valence-electron chi connectivity index (χ2n) is 14.9. The van der Waals surface area contributed by atoms with Gasteiger partial charge in [-0.1, -0.05) is 182 Å². The van der Waals surface area contributed by atoms with Crippen molar-refractivity contribution in [3.05, 3.63) is 224 Å². The lowest BCUT2D eigenvalue weighted by molar-refractivity contribution is 0.670. The predicted octanol–water partition coefficient (Wildman–Crippen LogP) is 16.0. The highest BCUT2D eigenvalue weighted by molar-refractivity contribution is 6.17. The standard InChI is InChI=1S/C56H37NO/c1-2-13-38(14-3-1)40-25-28-43(29-26-40)49-20-8-10-23-52(49)57(46-33-31-42(32-34-46)48-22-12-18-41-16-6-7-19-47(41)48)53-36-35-50(45-30-27-39-15-4-5-17-44(39)37-45)56-55(53)51-21-9-11-24-54(51)58-56/h1-37H. The molecule has 0 atom stereocenters. The van der Waals surface area contributed by atoms with Crippen molar-refractivity contribution in [1.29, 1.82) is 0 Å². The van der Waals surface area contributed by atoms with Gasteiger partial charge in [-0.2, -0.15) is 0 Å². The SMILES string of the molecule is c1ccc(-c2ccc(-c3ccccc3N(c3ccc(-c4cccc5ccccc45)cc3)c3ccc(-c4ccc5ccccc5c4)c4oc5ccccc5c34)cc2)cc1. The number of para-hydroxylation sites is 2. The molecule has 1 aromatic heterocycles. The fourth-order valence-electron chi connectivity index (χ4n) is 8.64. The van der Waals surface area contributed by atoms with Crippen molar-refractivity contribution >= 4 is 60.5 Å². The molecule has 0 bridgehead atoms. The third-order valence-electron chi connectivity index (χ3n) is 11.5. The fourth-order valence-corrected chi connectivity index (χ4v) is 8.64. The molecule has 0 fully saturated rings. The zero-order valence-electron chi connectivity index (χ0n) is 31.7. The number of furan rings is 1. The van der Waals surface area contributed by atoms with Crippen molar-refractivity contribution in [3.8, 4) is 44.5 Å². The molecule has 2 heteroatoms. The first-order chi connectivity index (χ1) is 28.8. The molecule has 1 heterocycles. The number of benzene rings is 10. The molecule has 0 N–H and O–H groups in total. The number of hydrogen-bond acceptors (Lipinski definition) is 2. The summed E-state index contributed by atoms with van der Waals surface area (Å²) in [5, 5.41) is 7.06. The van der Waals surface area contributed by atoms with Crippen LogP contribution >= 0.6 is 0 Å². The van der Waals surface area contributed by atoms with Crippen molar-refractivity contribution in [2.45, 2.75) is 0 Å². The van der Waals surface area contributed by atoms with Crippen LogP contribution in [-0.2, 0) is 0 Å². The summed E-state index contributed by atoms with van der Waals surface area (Å²) in [4.78, 5) is 2.42. The summed E-state index contributed by atoms with van der Waals surface area (Å²) in [6, 6.07) is 80.6. The number of nitrogens with zero attached hydrogens (tertiary/aromatic N) is 1. The first-order valence-electron chi connectivity index (χ1n) is 19.8. The van der Waals surface area contributed by atoms with Gasteiger partial charge in [0, 0.05) is 22.2 Å². The summed E-state index contributed by atoms with van der Waals surface area (Å²) in [5.41, 5.74) is 14.2. The third kappa shape index (κ3) is 5.82. The highest BCUT2D eigenvalue weighted by atomic mass is 16.3. The molecule has 0 amide bonds. The maximum atomic E-state index is 6.87. The second-order valence-corrected chi connectivity index (χ2v) is 14.9. The van der Waals surface area contributed by atoms with Gasteiger partial charge in [0.15, 0.2) is 0 Å². The Balaban J connectivity index is 1.13. The Morgan fingerprint density at radius 3 is 1.74 bits per heavy atom. The Labute approximate surface area is 337 Å². The summed E-state index contributed by atoms with van der Waals surface area (Å²) in [6.07, 6.45) is 0. The third-order valence-corrected chi connectivity index (χ3v) is 11.5. The van der Waals surface area contributed by atoms with E-state index < -0.39 is 0 Å². The highest BCUT2D eigenvalue weighted by Gasteiger charge is 2.24. The first kappa shape index (κ1) is 33.6. The lowest BCUT2D eigenvalue weighted by atomic mass is 9.95. The Morgan fingerprint density at radius 1 is 0.310 bits per heavy atom. The molecule has 2 nitrogen and oxygen atoms in total. The Morgan fingerprint density at radius 2 is 0.897 bits per heavy atom. The zero-order chi connectivity index (χ0) is 38.4. The minimum absolute atomic E-state index is 0.864. The van der Waals surface area contributed by atoms with Crippen LogP contribution in [0, 0.1) is 0 Å². The number of hydrogen-bond donors (Lipinski definition) is 0. The van der Waals surface area contributed by atoms with Crippen LogP contribution in [0.1, 0.15) is 0 Å². The number of fused-ring (bicyclic) bond motifs is 5. The van der Waals surface area contributed by atoms with Crippen LogP contribution in [0.5, 0.6) is 0 Å². The maximum absolute atomic E-state index is 6.87. The molecule has 58 heavy (non-hydrogen) atoms. The van der Waals surface area contributed by atoms with Gasteiger partial charge in [-0.15, -0.1) is 0 Å². The highest BCUT2D eigenvalue weighted by Crippen LogP contribution is 2.48. The summed E-state index contributed by atoms with van der Waals surface area (Å²) in [6.45, 7) is 0. The molecule has 272 valence electrons. The molecule has 0 aliphatic rings. The van der Waals surface area contributed by atoms with E-state index in [0.717, 1.165) is 61.3 Å². The lowest BCUT2D eigenvalue weighted by Crippen LogP contribution is -2.11. The average molecular weight is 740 g/mol. The van der Waals surface area contributed by atoms with E-state index in [0.29, 0.717) is 0 Å². The van der Waals surface area contributed by atoms with Gasteiger partial charge < -0.3 is 9.32 Å². The minimum atomic E-state index is 0.864. The van der Waals surface area contributed by atoms with Crippen LogP contribution in [0.3, 0.4) is 0 Å². The van der Waals surface area contributed by atoms with E-state index in [1.165, 1.54) is 43.8 Å². The smallest absolute Gasteiger partial charge is 0.145 e. The van der Waals surface area contributed by atoms with Crippen LogP contribution in [0.25, 0.3) is 88.0 Å². The topological polar surface area (TPSA) is 16.4 Å². The van der Waals surface area contributed by atoms with Crippen LogP contribution in [-0.4, -0.2) is 0 Å². The van der Waals surface area contributed by atoms with Gasteiger partial charge in [-0.3, -0.25) is 0 Å². The summed E-state index contributed by atoms with van der Waals surface area (Å²) < 4.78 is 6.87. The van der Waals surface area contributed by atoms with Gasteiger partial charge in [0.25, 0.3) is 0 Å². The quantitative estimate of drug-likeness (QED) is 0.162. The van der Waals surface area contributed by atoms with Crippen molar-refractivity contribution in [2.24, 2.45) is 0 Å². The molecule has 0 radical (unpaired) electrons. The minimum Gasteiger partial charge on any atom is -0.455 e. The van der Waals surface area contributed by atoms with E-state index in [1.807, 2.05) is 0 Å². The molecule has 0 saturated carbocycles. The van der Waals surface area contributed by atoms with Gasteiger partial charge in [0.2, 0.25) is 0 Å². The molecule has 0 unspecified atom stereocenters. The summed E-state index contributed by atoms with van der Waals surface area (Å²) in [7, 11) is 0. The second kappa shape index (κ2) is 14.1. The lowest BCUT2D eigenvalue weighted by Gasteiger charge is -2.29. The van der Waals surface area contributed by atoms with Crippen molar-refractivity contribution < 1.29 is 4.42 Å². The van der Waals surface area contributed by atoms with E-state index in [2.05, 4.69) is 229 Å². The van der Waals surface area contributed by atoms with E-state index in [4.69, 9.17) is 4.42 Å². The molecule has 0 aliphatic carbocycles. The van der Waals surface area contributed by atoms with Gasteiger partial charge in [-0.25, -0.2) is 0 Å². The van der Waals surface area contributed by atoms with E-state index in [-0.39, 0.29) is 0 Å². The fraction of sp³-hybridized carbons (Fsp3) is 0. The summed E-state index contributed by atoms with van der Waals surface area (Å²) >= 11 is 0. The molecule has 0 aliphatic heterocycles. The zero-order valence-corrected chi connectivity index (χ0v) is 31.7. The number of anilines is 3. The molecule has 11 rings (SSSR count). The van der Waals surface area contributed by atoms with E-state index in [1.54, 1.807) is 0 Å². The molecular weight excluding hydrogens is 703 g/mol. The molecular formula is C56H37NO. The van der Waals surface area contributed by atoms with Gasteiger partial charge >= 0.3 is 0 Å². The Bertz CT molecular complexity index is 3260. The van der Waals surface area contributed by atoms with Crippen molar-refractivity contribution in [1.82, 2.24) is 0 Å². The first-order valence-corrected chi connectivity index (χ1v) is 19.8. The average Bonchev–Trinajstić information content (AvgIpc) is 3.70. The molecule has 11 aromatic rings. The van der Waals surface area contributed by atoms with Crippen molar-refractivity contribution in [3.63, 3.8) is 0 Å². The van der Waals surface area contributed by atoms with Crippen LogP contribution in [0.2, 0.25) is 0 Å². The Kier molecular flexibility index (Phi) is 8.19. The van der Waals surface area contributed by atoms with Gasteiger partial charge in [0.05, 0.1) is 16.8 Å². The van der Waals surface area contributed by atoms with E-state index >= 15 is 0 Å². The van der Waals surface area contributed by atoms with Crippen molar-refractivity contribution in [2.75, 3.05) is 4.90 Å². The van der Waals surface area contributed by atoms with Gasteiger partial charge in [-0.05, 0) is 97.4 Å². The molecule has 10 aromatic carbocycles. The predicted molar refractivity (Wildman–Crippen MR) is 245 cm³/mol. The maximum Gasteiger partial charge on any atom is 0.145 e. The van der Waals surface area contributed by atoms with Crippen LogP contribution < -0.4 is 4.90 Å². The van der Waals surface area contributed by atoms with Gasteiger partial charge in [0.1, 0.15) is 11.2 Å². The Hall–Kier alpha value is -7.68. The molecule has 0 spiro atoms. The van der Waals surface area contributed by atoms with Crippen LogP contribution in [0.15, 0.2) is 229 Å². The van der Waals surface area contributed by atoms with Crippen LogP contribution in [0.4, 0.5) is 17.1 Å². The largest absolute Gasteiger partial charge is 0.455 e. The monoisotopic (exact) mass is 739 g/mol. The normalized spacial score (nSPS) is 11.4. The summed E-state index contributed by atoms with van der Waals surface area (Å²) in [5.74, 6) is 0.